The lowest BCUT2D eigenvalue weighted by Gasteiger charge is -2.07. The summed E-state index contributed by atoms with van der Waals surface area (Å²) in [4.78, 5) is 0. The summed E-state index contributed by atoms with van der Waals surface area (Å²) >= 11 is 0. The standard InChI is InChI=1S/C17H34O/c1-3-5-7-8-9-10-11-12-13-14-16-17(18)15-6-4-2/h4,6,17-18H,3,5,7-16H2,1-2H3. The SMILES string of the molecule is CC=CCC(O)CCCCCCCCCCCC. The molecule has 0 amide bonds. The second-order valence-electron chi connectivity index (χ2n) is 5.43. The Labute approximate surface area is 115 Å². The largest absolute Gasteiger partial charge is 0.393 e. The number of aliphatic hydroxyl groups is 1. The maximum Gasteiger partial charge on any atom is 0.0574 e. The van der Waals surface area contributed by atoms with Crippen molar-refractivity contribution in [1.29, 1.82) is 0 Å². The molecule has 0 aromatic rings. The zero-order valence-corrected chi connectivity index (χ0v) is 12.7. The first-order chi connectivity index (χ1) is 8.81. The van der Waals surface area contributed by atoms with E-state index in [0.29, 0.717) is 0 Å². The molecule has 0 saturated carbocycles. The molecule has 1 nitrogen and oxygen atoms in total. The Hall–Kier alpha value is -0.300. The van der Waals surface area contributed by atoms with Crippen LogP contribution >= 0.6 is 0 Å². The van der Waals surface area contributed by atoms with Gasteiger partial charge in [0.25, 0.3) is 0 Å². The fraction of sp³-hybridized carbons (Fsp3) is 0.882. The molecule has 1 unspecified atom stereocenters. The monoisotopic (exact) mass is 254 g/mol. The van der Waals surface area contributed by atoms with Gasteiger partial charge in [0.2, 0.25) is 0 Å². The van der Waals surface area contributed by atoms with E-state index in [9.17, 15) is 5.11 Å². The summed E-state index contributed by atoms with van der Waals surface area (Å²) in [5.74, 6) is 0. The van der Waals surface area contributed by atoms with Crippen molar-refractivity contribution in [3.63, 3.8) is 0 Å². The predicted molar refractivity (Wildman–Crippen MR) is 81.9 cm³/mol. The van der Waals surface area contributed by atoms with Gasteiger partial charge in [0, 0.05) is 0 Å². The number of aliphatic hydroxyl groups excluding tert-OH is 1. The maximum absolute atomic E-state index is 9.65. The topological polar surface area (TPSA) is 20.2 Å². The molecule has 0 heterocycles. The van der Waals surface area contributed by atoms with Gasteiger partial charge in [-0.3, -0.25) is 0 Å². The molecule has 0 aliphatic carbocycles. The van der Waals surface area contributed by atoms with Crippen LogP contribution in [0.5, 0.6) is 0 Å². The van der Waals surface area contributed by atoms with Crippen LogP contribution in [0.1, 0.15) is 90.9 Å². The van der Waals surface area contributed by atoms with E-state index in [-0.39, 0.29) is 6.10 Å². The normalized spacial score (nSPS) is 13.3. The van der Waals surface area contributed by atoms with Crippen LogP contribution in [0, 0.1) is 0 Å². The minimum Gasteiger partial charge on any atom is -0.393 e. The highest BCUT2D eigenvalue weighted by Crippen LogP contribution is 2.12. The van der Waals surface area contributed by atoms with Gasteiger partial charge >= 0.3 is 0 Å². The number of rotatable bonds is 13. The molecule has 0 radical (unpaired) electrons. The van der Waals surface area contributed by atoms with Crippen molar-refractivity contribution in [3.8, 4) is 0 Å². The Balaban J connectivity index is 3.06. The molecule has 1 heteroatoms. The second kappa shape index (κ2) is 14.8. The van der Waals surface area contributed by atoms with Crippen molar-refractivity contribution in [1.82, 2.24) is 0 Å². The van der Waals surface area contributed by atoms with Gasteiger partial charge in [-0.05, 0) is 19.8 Å². The molecule has 0 spiro atoms. The van der Waals surface area contributed by atoms with E-state index in [0.717, 1.165) is 12.8 Å². The molecular formula is C17H34O. The van der Waals surface area contributed by atoms with Gasteiger partial charge in [-0.15, -0.1) is 0 Å². The number of unbranched alkanes of at least 4 members (excludes halogenated alkanes) is 9. The average Bonchev–Trinajstić information content (AvgIpc) is 2.38. The highest BCUT2D eigenvalue weighted by molar-refractivity contribution is 4.79. The molecule has 0 fully saturated rings. The quantitative estimate of drug-likeness (QED) is 0.334. The first-order valence-electron chi connectivity index (χ1n) is 8.10. The second-order valence-corrected chi connectivity index (χ2v) is 5.43. The van der Waals surface area contributed by atoms with Crippen LogP contribution in [0.2, 0.25) is 0 Å². The van der Waals surface area contributed by atoms with E-state index in [4.69, 9.17) is 0 Å². The summed E-state index contributed by atoms with van der Waals surface area (Å²) in [6.45, 7) is 4.28. The Bertz CT molecular complexity index is 174. The lowest BCUT2D eigenvalue weighted by Crippen LogP contribution is -2.04. The minimum atomic E-state index is -0.116. The van der Waals surface area contributed by atoms with Crippen LogP contribution in [-0.4, -0.2) is 11.2 Å². The van der Waals surface area contributed by atoms with E-state index in [1.807, 2.05) is 13.0 Å². The van der Waals surface area contributed by atoms with Crippen LogP contribution < -0.4 is 0 Å². The Morgan fingerprint density at radius 3 is 1.83 bits per heavy atom. The minimum absolute atomic E-state index is 0.116. The number of hydrogen-bond donors (Lipinski definition) is 1. The van der Waals surface area contributed by atoms with E-state index in [2.05, 4.69) is 13.0 Å². The van der Waals surface area contributed by atoms with Crippen molar-refractivity contribution < 1.29 is 5.11 Å². The van der Waals surface area contributed by atoms with Crippen molar-refractivity contribution in [3.05, 3.63) is 12.2 Å². The van der Waals surface area contributed by atoms with Gasteiger partial charge in [0.05, 0.1) is 6.10 Å². The third-order valence-electron chi connectivity index (χ3n) is 3.53. The first kappa shape index (κ1) is 17.7. The van der Waals surface area contributed by atoms with Gasteiger partial charge in [-0.2, -0.15) is 0 Å². The summed E-state index contributed by atoms with van der Waals surface area (Å²) in [6.07, 6.45) is 19.4. The number of hydrogen-bond acceptors (Lipinski definition) is 1. The van der Waals surface area contributed by atoms with E-state index >= 15 is 0 Å². The van der Waals surface area contributed by atoms with Crippen LogP contribution in [0.3, 0.4) is 0 Å². The molecule has 0 saturated heterocycles. The summed E-state index contributed by atoms with van der Waals surface area (Å²) in [5, 5.41) is 9.65. The summed E-state index contributed by atoms with van der Waals surface area (Å²) in [7, 11) is 0. The lowest BCUT2D eigenvalue weighted by atomic mass is 10.0. The lowest BCUT2D eigenvalue weighted by molar-refractivity contribution is 0.163. The van der Waals surface area contributed by atoms with Crippen LogP contribution in [0.25, 0.3) is 0 Å². The number of allylic oxidation sites excluding steroid dienone is 1. The average molecular weight is 254 g/mol. The fourth-order valence-corrected chi connectivity index (χ4v) is 2.28. The third-order valence-corrected chi connectivity index (χ3v) is 3.53. The molecule has 0 rings (SSSR count). The first-order valence-corrected chi connectivity index (χ1v) is 8.10. The van der Waals surface area contributed by atoms with Crippen LogP contribution in [-0.2, 0) is 0 Å². The predicted octanol–water partition coefficient (Wildman–Crippen LogP) is 5.62. The molecule has 1 N–H and O–H groups in total. The molecule has 0 aliphatic rings. The Morgan fingerprint density at radius 2 is 1.33 bits per heavy atom. The smallest absolute Gasteiger partial charge is 0.0574 e. The van der Waals surface area contributed by atoms with E-state index in [1.165, 1.54) is 64.2 Å². The fourth-order valence-electron chi connectivity index (χ4n) is 2.28. The molecule has 0 bridgehead atoms. The van der Waals surface area contributed by atoms with Crippen molar-refractivity contribution in [2.24, 2.45) is 0 Å². The van der Waals surface area contributed by atoms with Crippen molar-refractivity contribution in [2.45, 2.75) is 97.0 Å². The molecule has 108 valence electrons. The summed E-state index contributed by atoms with van der Waals surface area (Å²) in [6, 6.07) is 0. The molecule has 18 heavy (non-hydrogen) atoms. The molecule has 0 aromatic heterocycles. The van der Waals surface area contributed by atoms with Gasteiger partial charge < -0.3 is 5.11 Å². The Morgan fingerprint density at radius 1 is 0.833 bits per heavy atom. The van der Waals surface area contributed by atoms with Gasteiger partial charge in [0.1, 0.15) is 0 Å². The zero-order chi connectivity index (χ0) is 13.5. The third kappa shape index (κ3) is 13.8. The molecular weight excluding hydrogens is 220 g/mol. The molecule has 0 aliphatic heterocycles. The van der Waals surface area contributed by atoms with E-state index < -0.39 is 0 Å². The van der Waals surface area contributed by atoms with Crippen molar-refractivity contribution >= 4 is 0 Å². The highest BCUT2D eigenvalue weighted by atomic mass is 16.3. The summed E-state index contributed by atoms with van der Waals surface area (Å²) in [5.41, 5.74) is 0. The maximum atomic E-state index is 9.65. The van der Waals surface area contributed by atoms with E-state index in [1.54, 1.807) is 0 Å². The van der Waals surface area contributed by atoms with Gasteiger partial charge in [0.15, 0.2) is 0 Å². The van der Waals surface area contributed by atoms with Crippen molar-refractivity contribution in [2.75, 3.05) is 0 Å². The summed E-state index contributed by atoms with van der Waals surface area (Å²) < 4.78 is 0. The van der Waals surface area contributed by atoms with Crippen LogP contribution in [0.4, 0.5) is 0 Å². The van der Waals surface area contributed by atoms with Crippen LogP contribution in [0.15, 0.2) is 12.2 Å². The Kier molecular flexibility index (Phi) is 14.5. The highest BCUT2D eigenvalue weighted by Gasteiger charge is 2.00. The van der Waals surface area contributed by atoms with Gasteiger partial charge in [-0.1, -0.05) is 83.3 Å². The van der Waals surface area contributed by atoms with Gasteiger partial charge in [-0.25, -0.2) is 0 Å². The molecule has 0 aromatic carbocycles. The molecule has 1 atom stereocenters. The zero-order valence-electron chi connectivity index (χ0n) is 12.7.